The summed E-state index contributed by atoms with van der Waals surface area (Å²) in [7, 11) is 3.07. The molecule has 1 aromatic carbocycles. The number of nitrogens with one attached hydrogen (secondary N) is 2. The summed E-state index contributed by atoms with van der Waals surface area (Å²) in [4.78, 5) is 28.2. The Hall–Kier alpha value is -2.81. The van der Waals surface area contributed by atoms with Gasteiger partial charge < -0.3 is 19.5 Å². The Balaban J connectivity index is 1.93. The van der Waals surface area contributed by atoms with Crippen molar-refractivity contribution in [2.75, 3.05) is 31.5 Å². The fraction of sp³-hybridized carbons (Fsp3) is 0.389. The largest absolute Gasteiger partial charge is 0.497 e. The molecule has 2 aromatic rings. The van der Waals surface area contributed by atoms with E-state index in [2.05, 4.69) is 15.6 Å². The van der Waals surface area contributed by atoms with Crippen molar-refractivity contribution in [3.05, 3.63) is 29.3 Å². The molecule has 9 heteroatoms. The third kappa shape index (κ3) is 6.45. The number of nitrogens with zero attached hydrogens (tertiary/aromatic N) is 1. The number of rotatable bonds is 8. The molecule has 0 saturated carbocycles. The van der Waals surface area contributed by atoms with Gasteiger partial charge in [-0.2, -0.15) is 0 Å². The highest BCUT2D eigenvalue weighted by atomic mass is 32.1. The van der Waals surface area contributed by atoms with Gasteiger partial charge in [0, 0.05) is 11.4 Å². The number of carbonyl (C=O) groups excluding carboxylic acids is 2. The summed E-state index contributed by atoms with van der Waals surface area (Å²) in [6.07, 6.45) is -0.505. The average molecular weight is 393 g/mol. The van der Waals surface area contributed by atoms with Crippen molar-refractivity contribution >= 4 is 34.2 Å². The lowest BCUT2D eigenvalue weighted by molar-refractivity contribution is -0.115. The molecule has 0 spiro atoms. The Labute approximate surface area is 161 Å². The molecule has 1 heterocycles. The van der Waals surface area contributed by atoms with Crippen molar-refractivity contribution in [1.82, 2.24) is 4.98 Å². The summed E-state index contributed by atoms with van der Waals surface area (Å²) < 4.78 is 15.4. The van der Waals surface area contributed by atoms with Gasteiger partial charge in [0.2, 0.25) is 5.91 Å². The molecular weight excluding hydrogens is 370 g/mol. The normalized spacial score (nSPS) is 10.4. The van der Waals surface area contributed by atoms with Crippen LogP contribution in [0.4, 0.5) is 15.6 Å². The quantitative estimate of drug-likeness (QED) is 0.712. The molecule has 8 nitrogen and oxygen atoms in total. The second kappa shape index (κ2) is 9.77. The van der Waals surface area contributed by atoms with Crippen molar-refractivity contribution in [1.29, 1.82) is 0 Å². The third-order valence-corrected chi connectivity index (χ3v) is 4.14. The number of aromatic nitrogens is 1. The van der Waals surface area contributed by atoms with Crippen LogP contribution in [-0.4, -0.2) is 37.8 Å². The first-order valence-electron chi connectivity index (χ1n) is 8.31. The van der Waals surface area contributed by atoms with E-state index in [0.717, 1.165) is 0 Å². The van der Waals surface area contributed by atoms with Gasteiger partial charge >= 0.3 is 6.09 Å². The van der Waals surface area contributed by atoms with Crippen LogP contribution in [0.25, 0.3) is 0 Å². The standard InChI is InChI=1S/C18H23N3O5S/c1-11(2)9-26-18(23)21-17-19-12(10-27-17)7-16(22)20-14-8-13(24-3)5-6-15(14)25-4/h5-6,8,10-11H,7,9H2,1-4H3,(H,20,22)(H,19,21,23). The van der Waals surface area contributed by atoms with Gasteiger partial charge in [0.25, 0.3) is 0 Å². The topological polar surface area (TPSA) is 98.8 Å². The number of hydrogen-bond donors (Lipinski definition) is 2. The van der Waals surface area contributed by atoms with Crippen LogP contribution in [0.5, 0.6) is 11.5 Å². The number of hydrogen-bond acceptors (Lipinski definition) is 7. The van der Waals surface area contributed by atoms with Gasteiger partial charge in [-0.15, -0.1) is 11.3 Å². The van der Waals surface area contributed by atoms with Crippen LogP contribution in [0.1, 0.15) is 19.5 Å². The van der Waals surface area contributed by atoms with Crippen molar-refractivity contribution in [3.63, 3.8) is 0 Å². The molecule has 0 radical (unpaired) electrons. The molecule has 27 heavy (non-hydrogen) atoms. The number of anilines is 2. The summed E-state index contributed by atoms with van der Waals surface area (Å²) >= 11 is 1.23. The lowest BCUT2D eigenvalue weighted by atomic mass is 10.2. The smallest absolute Gasteiger partial charge is 0.413 e. The lowest BCUT2D eigenvalue weighted by Crippen LogP contribution is -2.17. The number of methoxy groups -OCH3 is 2. The molecule has 1 aromatic heterocycles. The highest BCUT2D eigenvalue weighted by Gasteiger charge is 2.13. The number of benzene rings is 1. The minimum atomic E-state index is -0.560. The fourth-order valence-corrected chi connectivity index (χ4v) is 2.78. The van der Waals surface area contributed by atoms with Crippen LogP contribution < -0.4 is 20.1 Å². The second-order valence-corrected chi connectivity index (χ2v) is 6.91. The number of thiazole rings is 1. The monoisotopic (exact) mass is 393 g/mol. The van der Waals surface area contributed by atoms with Crippen molar-refractivity contribution in [2.45, 2.75) is 20.3 Å². The van der Waals surface area contributed by atoms with E-state index < -0.39 is 6.09 Å². The van der Waals surface area contributed by atoms with Crippen LogP contribution in [0.2, 0.25) is 0 Å². The summed E-state index contributed by atoms with van der Waals surface area (Å²) in [5.74, 6) is 1.12. The van der Waals surface area contributed by atoms with Crippen LogP contribution in [0.15, 0.2) is 23.6 Å². The predicted octanol–water partition coefficient (Wildman–Crippen LogP) is 3.55. The Morgan fingerprint density at radius 1 is 1.19 bits per heavy atom. The van der Waals surface area contributed by atoms with Crippen LogP contribution in [-0.2, 0) is 16.0 Å². The first kappa shape index (κ1) is 20.5. The fourth-order valence-electron chi connectivity index (χ4n) is 2.08. The maximum absolute atomic E-state index is 12.3. The number of amides is 2. The second-order valence-electron chi connectivity index (χ2n) is 6.05. The Morgan fingerprint density at radius 3 is 2.63 bits per heavy atom. The zero-order valence-corrected chi connectivity index (χ0v) is 16.5. The molecular formula is C18H23N3O5S. The van der Waals surface area contributed by atoms with E-state index in [4.69, 9.17) is 14.2 Å². The summed E-state index contributed by atoms with van der Waals surface area (Å²) in [6, 6.07) is 5.13. The maximum atomic E-state index is 12.3. The van der Waals surface area contributed by atoms with Gasteiger partial charge in [-0.25, -0.2) is 9.78 Å². The molecule has 0 saturated heterocycles. The number of carbonyl (C=O) groups is 2. The Kier molecular flexibility index (Phi) is 7.42. The van der Waals surface area contributed by atoms with E-state index >= 15 is 0 Å². The molecule has 0 aliphatic carbocycles. The van der Waals surface area contributed by atoms with Gasteiger partial charge in [-0.05, 0) is 18.1 Å². The molecule has 0 fully saturated rings. The zero-order chi connectivity index (χ0) is 19.8. The summed E-state index contributed by atoms with van der Waals surface area (Å²) in [5.41, 5.74) is 1.05. The first-order chi connectivity index (χ1) is 12.9. The van der Waals surface area contributed by atoms with Crippen molar-refractivity contribution in [2.24, 2.45) is 5.92 Å². The minimum absolute atomic E-state index is 0.0551. The van der Waals surface area contributed by atoms with Gasteiger partial charge in [0.1, 0.15) is 11.5 Å². The summed E-state index contributed by atoms with van der Waals surface area (Å²) in [6.45, 7) is 4.23. The molecule has 2 N–H and O–H groups in total. The van der Waals surface area contributed by atoms with E-state index in [1.807, 2.05) is 13.8 Å². The van der Waals surface area contributed by atoms with E-state index in [9.17, 15) is 9.59 Å². The average Bonchev–Trinajstić information content (AvgIpc) is 3.06. The molecule has 0 bridgehead atoms. The van der Waals surface area contributed by atoms with E-state index in [0.29, 0.717) is 34.6 Å². The van der Waals surface area contributed by atoms with Crippen molar-refractivity contribution < 1.29 is 23.8 Å². The summed E-state index contributed by atoms with van der Waals surface area (Å²) in [5, 5.41) is 7.42. The molecule has 0 aliphatic rings. The SMILES string of the molecule is COc1ccc(OC)c(NC(=O)Cc2csc(NC(=O)OCC(C)C)n2)c1. The Morgan fingerprint density at radius 2 is 1.96 bits per heavy atom. The van der Waals surface area contributed by atoms with Gasteiger partial charge in [0.15, 0.2) is 5.13 Å². The molecule has 0 aliphatic heterocycles. The predicted molar refractivity (Wildman–Crippen MR) is 104 cm³/mol. The molecule has 2 rings (SSSR count). The van der Waals surface area contributed by atoms with E-state index in [-0.39, 0.29) is 18.2 Å². The van der Waals surface area contributed by atoms with Crippen LogP contribution in [0.3, 0.4) is 0 Å². The Bertz CT molecular complexity index is 791. The van der Waals surface area contributed by atoms with Gasteiger partial charge in [-0.1, -0.05) is 13.8 Å². The van der Waals surface area contributed by atoms with Gasteiger partial charge in [-0.3, -0.25) is 10.1 Å². The molecule has 0 atom stereocenters. The third-order valence-electron chi connectivity index (χ3n) is 3.33. The zero-order valence-electron chi connectivity index (χ0n) is 15.7. The highest BCUT2D eigenvalue weighted by molar-refractivity contribution is 7.13. The molecule has 2 amide bonds. The number of ether oxygens (including phenoxy) is 3. The van der Waals surface area contributed by atoms with Crippen molar-refractivity contribution in [3.8, 4) is 11.5 Å². The molecule has 0 unspecified atom stereocenters. The molecule has 146 valence electrons. The minimum Gasteiger partial charge on any atom is -0.497 e. The van der Waals surface area contributed by atoms with E-state index in [1.165, 1.54) is 18.4 Å². The first-order valence-corrected chi connectivity index (χ1v) is 9.19. The van der Waals surface area contributed by atoms with Crippen LogP contribution in [0, 0.1) is 5.92 Å². The van der Waals surface area contributed by atoms with E-state index in [1.54, 1.807) is 30.7 Å². The maximum Gasteiger partial charge on any atom is 0.413 e. The lowest BCUT2D eigenvalue weighted by Gasteiger charge is -2.11. The highest BCUT2D eigenvalue weighted by Crippen LogP contribution is 2.29. The van der Waals surface area contributed by atoms with Gasteiger partial charge in [0.05, 0.1) is 38.6 Å². The van der Waals surface area contributed by atoms with Crippen LogP contribution >= 0.6 is 11.3 Å².